The molecule has 3 aromatic rings. The van der Waals surface area contributed by atoms with E-state index in [2.05, 4.69) is 56.9 Å². The minimum absolute atomic E-state index is 0.612. The van der Waals surface area contributed by atoms with Crippen LogP contribution < -0.4 is 0 Å². The largest absolute Gasteiger partial charge is 0.330 e. The third-order valence-corrected chi connectivity index (χ3v) is 3.55. The molecule has 2 aromatic heterocycles. The number of nitrogens with one attached hydrogen (secondary N) is 1. The molecular formula is C12H8IN3S. The fraction of sp³-hybridized carbons (Fsp3) is 0. The molecule has 0 fully saturated rings. The summed E-state index contributed by atoms with van der Waals surface area (Å²) in [6.45, 7) is 0. The molecule has 0 saturated heterocycles. The van der Waals surface area contributed by atoms with Gasteiger partial charge >= 0.3 is 0 Å². The summed E-state index contributed by atoms with van der Waals surface area (Å²) >= 11 is 7.55. The van der Waals surface area contributed by atoms with Gasteiger partial charge in [-0.25, -0.2) is 4.52 Å². The molecule has 0 aliphatic carbocycles. The van der Waals surface area contributed by atoms with Crippen molar-refractivity contribution < 1.29 is 0 Å². The van der Waals surface area contributed by atoms with Gasteiger partial charge in [0.1, 0.15) is 0 Å². The van der Waals surface area contributed by atoms with Crippen molar-refractivity contribution in [1.82, 2.24) is 14.6 Å². The Labute approximate surface area is 117 Å². The minimum Gasteiger partial charge on any atom is -0.330 e. The smallest absolute Gasteiger partial charge is 0.199 e. The van der Waals surface area contributed by atoms with Gasteiger partial charge in [0.2, 0.25) is 0 Å². The van der Waals surface area contributed by atoms with Gasteiger partial charge in [-0.1, -0.05) is 12.1 Å². The summed E-state index contributed by atoms with van der Waals surface area (Å²) < 4.78 is 3.54. The third kappa shape index (κ3) is 2.00. The minimum atomic E-state index is 0.612. The predicted molar refractivity (Wildman–Crippen MR) is 78.5 cm³/mol. The Kier molecular flexibility index (Phi) is 2.71. The van der Waals surface area contributed by atoms with E-state index in [-0.39, 0.29) is 0 Å². The number of halogens is 1. The van der Waals surface area contributed by atoms with Crippen molar-refractivity contribution in [2.24, 2.45) is 0 Å². The van der Waals surface area contributed by atoms with Crippen LogP contribution in [-0.2, 0) is 0 Å². The SMILES string of the molecule is S=c1[nH]c(-c2ccc(I)cc2)cc2ccnn12. The van der Waals surface area contributed by atoms with Crippen molar-refractivity contribution in [3.8, 4) is 11.3 Å². The number of benzene rings is 1. The van der Waals surface area contributed by atoms with Gasteiger partial charge < -0.3 is 4.98 Å². The van der Waals surface area contributed by atoms with Gasteiger partial charge in [0.05, 0.1) is 11.7 Å². The number of H-pyrrole nitrogens is 1. The van der Waals surface area contributed by atoms with Gasteiger partial charge in [0.25, 0.3) is 0 Å². The highest BCUT2D eigenvalue weighted by Gasteiger charge is 2.02. The average Bonchev–Trinajstić information content (AvgIpc) is 2.78. The van der Waals surface area contributed by atoms with Gasteiger partial charge in [0.15, 0.2) is 4.77 Å². The van der Waals surface area contributed by atoms with Crippen LogP contribution >= 0.6 is 34.8 Å². The van der Waals surface area contributed by atoms with E-state index in [1.165, 1.54) is 3.57 Å². The van der Waals surface area contributed by atoms with Crippen LogP contribution in [0.2, 0.25) is 0 Å². The van der Waals surface area contributed by atoms with Crippen LogP contribution in [0.1, 0.15) is 0 Å². The molecule has 3 nitrogen and oxygen atoms in total. The van der Waals surface area contributed by atoms with E-state index in [9.17, 15) is 0 Å². The molecule has 0 aliphatic rings. The third-order valence-electron chi connectivity index (χ3n) is 2.55. The standard InChI is InChI=1S/C12H8IN3S/c13-9-3-1-8(2-4-9)11-7-10-5-6-14-16(10)12(17)15-11/h1-7H,(H,15,17). The van der Waals surface area contributed by atoms with Crippen molar-refractivity contribution in [3.63, 3.8) is 0 Å². The Morgan fingerprint density at radius 2 is 1.94 bits per heavy atom. The van der Waals surface area contributed by atoms with Crippen molar-refractivity contribution in [2.45, 2.75) is 0 Å². The quantitative estimate of drug-likeness (QED) is 0.535. The molecule has 0 bridgehead atoms. The Bertz CT molecular complexity index is 727. The average molecular weight is 353 g/mol. The molecule has 5 heteroatoms. The highest BCUT2D eigenvalue weighted by atomic mass is 127. The highest BCUT2D eigenvalue weighted by Crippen LogP contribution is 2.19. The zero-order chi connectivity index (χ0) is 11.8. The molecule has 0 saturated carbocycles. The van der Waals surface area contributed by atoms with Crippen LogP contribution in [0.4, 0.5) is 0 Å². The van der Waals surface area contributed by atoms with Crippen molar-refractivity contribution in [3.05, 3.63) is 50.9 Å². The molecule has 0 spiro atoms. The van der Waals surface area contributed by atoms with Crippen molar-refractivity contribution in [1.29, 1.82) is 0 Å². The van der Waals surface area contributed by atoms with Gasteiger partial charge in [-0.2, -0.15) is 5.10 Å². The van der Waals surface area contributed by atoms with Gasteiger partial charge in [0, 0.05) is 9.26 Å². The summed E-state index contributed by atoms with van der Waals surface area (Å²) in [5, 5.41) is 4.15. The molecule has 17 heavy (non-hydrogen) atoms. The molecule has 0 aliphatic heterocycles. The Morgan fingerprint density at radius 3 is 2.71 bits per heavy atom. The normalized spacial score (nSPS) is 10.9. The van der Waals surface area contributed by atoms with Gasteiger partial charge in [-0.05, 0) is 64.6 Å². The van der Waals surface area contributed by atoms with Crippen LogP contribution in [0.5, 0.6) is 0 Å². The molecule has 1 aromatic carbocycles. The lowest BCUT2D eigenvalue weighted by Crippen LogP contribution is -1.94. The summed E-state index contributed by atoms with van der Waals surface area (Å²) in [6.07, 6.45) is 1.75. The maximum atomic E-state index is 5.26. The summed E-state index contributed by atoms with van der Waals surface area (Å²) in [4.78, 5) is 3.18. The lowest BCUT2D eigenvalue weighted by Gasteiger charge is -2.03. The van der Waals surface area contributed by atoms with E-state index in [4.69, 9.17) is 12.2 Å². The number of hydrogen-bond acceptors (Lipinski definition) is 2. The second-order valence-corrected chi connectivity index (χ2v) is 5.30. The number of nitrogens with zero attached hydrogens (tertiary/aromatic N) is 2. The molecule has 84 valence electrons. The molecule has 1 N–H and O–H groups in total. The number of aromatic nitrogens is 3. The van der Waals surface area contributed by atoms with Crippen LogP contribution in [0, 0.1) is 8.34 Å². The first-order valence-corrected chi connectivity index (χ1v) is 6.56. The van der Waals surface area contributed by atoms with Crippen LogP contribution in [0.15, 0.2) is 42.6 Å². The Balaban J connectivity index is 2.23. The van der Waals surface area contributed by atoms with E-state index in [1.54, 1.807) is 10.7 Å². The molecule has 0 radical (unpaired) electrons. The second kappa shape index (κ2) is 4.23. The summed E-state index contributed by atoms with van der Waals surface area (Å²) in [7, 11) is 0. The topological polar surface area (TPSA) is 33.1 Å². The fourth-order valence-corrected chi connectivity index (χ4v) is 2.35. The monoisotopic (exact) mass is 353 g/mol. The molecule has 0 unspecified atom stereocenters. The van der Waals surface area contributed by atoms with Crippen molar-refractivity contribution in [2.75, 3.05) is 0 Å². The summed E-state index contributed by atoms with van der Waals surface area (Å²) in [5.41, 5.74) is 3.14. The second-order valence-electron chi connectivity index (χ2n) is 3.66. The zero-order valence-electron chi connectivity index (χ0n) is 8.72. The zero-order valence-corrected chi connectivity index (χ0v) is 11.7. The maximum absolute atomic E-state index is 5.26. The predicted octanol–water partition coefficient (Wildman–Crippen LogP) is 3.66. The van der Waals surface area contributed by atoms with E-state index in [1.807, 2.05) is 12.1 Å². The highest BCUT2D eigenvalue weighted by molar-refractivity contribution is 14.1. The first kappa shape index (κ1) is 10.9. The molecule has 2 heterocycles. The summed E-state index contributed by atoms with van der Waals surface area (Å²) in [6, 6.07) is 12.3. The van der Waals surface area contributed by atoms with Crippen LogP contribution in [0.25, 0.3) is 16.8 Å². The van der Waals surface area contributed by atoms with E-state index >= 15 is 0 Å². The molecule has 0 atom stereocenters. The van der Waals surface area contributed by atoms with Gasteiger partial charge in [-0.15, -0.1) is 0 Å². The van der Waals surface area contributed by atoms with Crippen molar-refractivity contribution >= 4 is 40.3 Å². The van der Waals surface area contributed by atoms with Gasteiger partial charge in [-0.3, -0.25) is 0 Å². The number of aromatic amines is 1. The lowest BCUT2D eigenvalue weighted by atomic mass is 10.1. The first-order valence-electron chi connectivity index (χ1n) is 5.07. The number of rotatable bonds is 1. The van der Waals surface area contributed by atoms with Crippen LogP contribution in [-0.4, -0.2) is 14.6 Å². The number of hydrogen-bond donors (Lipinski definition) is 1. The molecular weight excluding hydrogens is 345 g/mol. The van der Waals surface area contributed by atoms with E-state index < -0.39 is 0 Å². The van der Waals surface area contributed by atoms with E-state index in [0.717, 1.165) is 16.8 Å². The maximum Gasteiger partial charge on any atom is 0.199 e. The van der Waals surface area contributed by atoms with E-state index in [0.29, 0.717) is 4.77 Å². The van der Waals surface area contributed by atoms with Crippen LogP contribution in [0.3, 0.4) is 0 Å². The first-order chi connectivity index (χ1) is 8.24. The lowest BCUT2D eigenvalue weighted by molar-refractivity contribution is 0.904. The molecule has 3 rings (SSSR count). The number of fused-ring (bicyclic) bond motifs is 1. The Hall–Kier alpha value is -1.21. The summed E-state index contributed by atoms with van der Waals surface area (Å²) in [5.74, 6) is 0. The molecule has 0 amide bonds. The fourth-order valence-electron chi connectivity index (χ4n) is 1.73. The Morgan fingerprint density at radius 1 is 1.18 bits per heavy atom.